The van der Waals surface area contributed by atoms with E-state index in [0.29, 0.717) is 0 Å². The molecule has 0 fully saturated rings. The Balaban J connectivity index is 2.14. The third kappa shape index (κ3) is 3.36. The van der Waals surface area contributed by atoms with Crippen molar-refractivity contribution in [3.05, 3.63) is 36.2 Å². The molecule has 0 saturated carbocycles. The highest BCUT2D eigenvalue weighted by molar-refractivity contribution is 5.35. The molecule has 0 aliphatic rings. The van der Waals surface area contributed by atoms with Gasteiger partial charge in [0.1, 0.15) is 6.33 Å². The molecule has 0 aliphatic carbocycles. The molecular weight excluding hydrogens is 242 g/mol. The van der Waals surface area contributed by atoms with Gasteiger partial charge in [0.05, 0.1) is 12.3 Å². The highest BCUT2D eigenvalue weighted by Gasteiger charge is 2.11. The van der Waals surface area contributed by atoms with E-state index in [-0.39, 0.29) is 18.7 Å². The van der Waals surface area contributed by atoms with Crippen molar-refractivity contribution in [1.29, 1.82) is 0 Å². The molecule has 2 aromatic rings. The molecule has 0 saturated heterocycles. The molecule has 2 rings (SSSR count). The molecule has 0 aliphatic heterocycles. The molecule has 2 atom stereocenters. The Bertz CT molecular complexity index is 495. The average Bonchev–Trinajstić information content (AvgIpc) is 2.99. The second-order valence-corrected chi connectivity index (χ2v) is 4.53. The number of tetrazole rings is 1. The molecule has 6 nitrogen and oxygen atoms in total. The lowest BCUT2D eigenvalue weighted by atomic mass is 10.1. The van der Waals surface area contributed by atoms with Crippen LogP contribution in [-0.2, 0) is 0 Å². The third-order valence-electron chi connectivity index (χ3n) is 3.18. The summed E-state index contributed by atoms with van der Waals surface area (Å²) in [7, 11) is 0. The normalized spacial score (nSPS) is 14.3. The van der Waals surface area contributed by atoms with Crippen molar-refractivity contribution in [2.45, 2.75) is 32.4 Å². The summed E-state index contributed by atoms with van der Waals surface area (Å²) in [4.78, 5) is 0. The number of aliphatic hydroxyl groups excluding tert-OH is 1. The zero-order chi connectivity index (χ0) is 13.7. The summed E-state index contributed by atoms with van der Waals surface area (Å²) in [5.41, 5.74) is 2.06. The molecule has 0 bridgehead atoms. The lowest BCUT2D eigenvalue weighted by Crippen LogP contribution is -2.33. The Labute approximate surface area is 112 Å². The van der Waals surface area contributed by atoms with E-state index in [1.54, 1.807) is 11.0 Å². The summed E-state index contributed by atoms with van der Waals surface area (Å²) < 4.78 is 1.62. The van der Waals surface area contributed by atoms with Crippen LogP contribution in [0.3, 0.4) is 0 Å². The number of aromatic nitrogens is 4. The summed E-state index contributed by atoms with van der Waals surface area (Å²) in [5, 5.41) is 23.8. The van der Waals surface area contributed by atoms with Gasteiger partial charge in [-0.3, -0.25) is 0 Å². The van der Waals surface area contributed by atoms with Crippen LogP contribution in [0.2, 0.25) is 0 Å². The first-order valence-electron chi connectivity index (χ1n) is 6.44. The van der Waals surface area contributed by atoms with Gasteiger partial charge in [-0.25, -0.2) is 4.68 Å². The van der Waals surface area contributed by atoms with Gasteiger partial charge in [-0.05, 0) is 41.5 Å². The Morgan fingerprint density at radius 3 is 2.89 bits per heavy atom. The Morgan fingerprint density at radius 2 is 2.26 bits per heavy atom. The quantitative estimate of drug-likeness (QED) is 0.814. The second-order valence-electron chi connectivity index (χ2n) is 4.53. The van der Waals surface area contributed by atoms with E-state index in [4.69, 9.17) is 0 Å². The van der Waals surface area contributed by atoms with Crippen LogP contribution in [0.15, 0.2) is 30.6 Å². The topological polar surface area (TPSA) is 75.9 Å². The summed E-state index contributed by atoms with van der Waals surface area (Å²) in [6.07, 6.45) is 2.47. The number of benzene rings is 1. The summed E-state index contributed by atoms with van der Waals surface area (Å²) in [6, 6.07) is 8.30. The van der Waals surface area contributed by atoms with Crippen LogP contribution in [0.4, 0.5) is 0 Å². The minimum absolute atomic E-state index is 0.117. The fraction of sp³-hybridized carbons (Fsp3) is 0.462. The van der Waals surface area contributed by atoms with E-state index in [1.165, 1.54) is 0 Å². The summed E-state index contributed by atoms with van der Waals surface area (Å²) in [5.74, 6) is 0. The SMILES string of the molecule is CCC(CO)NC(C)c1cccc(-n2cnnn2)c1. The highest BCUT2D eigenvalue weighted by atomic mass is 16.3. The molecule has 102 valence electrons. The van der Waals surface area contributed by atoms with Crippen molar-refractivity contribution in [2.75, 3.05) is 6.61 Å². The molecule has 1 aromatic heterocycles. The maximum absolute atomic E-state index is 9.23. The van der Waals surface area contributed by atoms with Gasteiger partial charge < -0.3 is 10.4 Å². The van der Waals surface area contributed by atoms with E-state index in [2.05, 4.69) is 40.8 Å². The number of aliphatic hydroxyl groups is 1. The van der Waals surface area contributed by atoms with E-state index < -0.39 is 0 Å². The van der Waals surface area contributed by atoms with E-state index >= 15 is 0 Å². The van der Waals surface area contributed by atoms with E-state index in [1.807, 2.05) is 18.2 Å². The highest BCUT2D eigenvalue weighted by Crippen LogP contribution is 2.17. The fourth-order valence-electron chi connectivity index (χ4n) is 1.97. The van der Waals surface area contributed by atoms with Crippen molar-refractivity contribution < 1.29 is 5.11 Å². The number of hydrogen-bond donors (Lipinski definition) is 2. The predicted molar refractivity (Wildman–Crippen MR) is 71.9 cm³/mol. The average molecular weight is 261 g/mol. The van der Waals surface area contributed by atoms with Gasteiger partial charge in [-0.2, -0.15) is 0 Å². The molecule has 6 heteroatoms. The number of nitrogens with zero attached hydrogens (tertiary/aromatic N) is 4. The van der Waals surface area contributed by atoms with Crippen molar-refractivity contribution >= 4 is 0 Å². The van der Waals surface area contributed by atoms with Gasteiger partial charge in [0, 0.05) is 12.1 Å². The first-order chi connectivity index (χ1) is 9.24. The summed E-state index contributed by atoms with van der Waals surface area (Å²) >= 11 is 0. The van der Waals surface area contributed by atoms with Gasteiger partial charge in [0.25, 0.3) is 0 Å². The standard InChI is InChI=1S/C13H19N5O/c1-3-12(8-19)15-10(2)11-5-4-6-13(7-11)18-9-14-16-17-18/h4-7,9-10,12,15,19H,3,8H2,1-2H3. The number of hydrogen-bond acceptors (Lipinski definition) is 5. The maximum atomic E-state index is 9.23. The zero-order valence-electron chi connectivity index (χ0n) is 11.2. The van der Waals surface area contributed by atoms with Gasteiger partial charge >= 0.3 is 0 Å². The van der Waals surface area contributed by atoms with Gasteiger partial charge in [0.2, 0.25) is 0 Å². The van der Waals surface area contributed by atoms with Gasteiger partial charge in [-0.1, -0.05) is 19.1 Å². The van der Waals surface area contributed by atoms with Crippen LogP contribution < -0.4 is 5.32 Å². The largest absolute Gasteiger partial charge is 0.395 e. The number of nitrogens with one attached hydrogen (secondary N) is 1. The van der Waals surface area contributed by atoms with Crippen molar-refractivity contribution in [1.82, 2.24) is 25.5 Å². The zero-order valence-corrected chi connectivity index (χ0v) is 11.2. The first kappa shape index (κ1) is 13.6. The van der Waals surface area contributed by atoms with Crippen LogP contribution in [0, 0.1) is 0 Å². The molecule has 0 radical (unpaired) electrons. The Kier molecular flexibility index (Phi) is 4.59. The van der Waals surface area contributed by atoms with E-state index in [0.717, 1.165) is 17.7 Å². The molecule has 2 N–H and O–H groups in total. The molecule has 19 heavy (non-hydrogen) atoms. The fourth-order valence-corrected chi connectivity index (χ4v) is 1.97. The molecule has 0 amide bonds. The van der Waals surface area contributed by atoms with Crippen LogP contribution in [0.25, 0.3) is 5.69 Å². The lowest BCUT2D eigenvalue weighted by molar-refractivity contribution is 0.230. The van der Waals surface area contributed by atoms with Crippen LogP contribution in [0.5, 0.6) is 0 Å². The molecule has 1 heterocycles. The second kappa shape index (κ2) is 6.40. The van der Waals surface area contributed by atoms with E-state index in [9.17, 15) is 5.11 Å². The lowest BCUT2D eigenvalue weighted by Gasteiger charge is -2.21. The monoisotopic (exact) mass is 261 g/mol. The van der Waals surface area contributed by atoms with Crippen LogP contribution >= 0.6 is 0 Å². The smallest absolute Gasteiger partial charge is 0.143 e. The van der Waals surface area contributed by atoms with Crippen LogP contribution in [-0.4, -0.2) is 38.0 Å². The molecule has 2 unspecified atom stereocenters. The first-order valence-corrected chi connectivity index (χ1v) is 6.44. The molecule has 1 aromatic carbocycles. The predicted octanol–water partition coefficient (Wildman–Crippen LogP) is 1.08. The third-order valence-corrected chi connectivity index (χ3v) is 3.18. The maximum Gasteiger partial charge on any atom is 0.143 e. The number of rotatable bonds is 6. The minimum Gasteiger partial charge on any atom is -0.395 e. The van der Waals surface area contributed by atoms with Crippen molar-refractivity contribution in [3.63, 3.8) is 0 Å². The van der Waals surface area contributed by atoms with Crippen LogP contribution in [0.1, 0.15) is 31.9 Å². The minimum atomic E-state index is 0.117. The Hall–Kier alpha value is -1.79. The van der Waals surface area contributed by atoms with Gasteiger partial charge in [0.15, 0.2) is 0 Å². The van der Waals surface area contributed by atoms with Crippen molar-refractivity contribution in [3.8, 4) is 5.69 Å². The molecular formula is C13H19N5O. The Morgan fingerprint density at radius 1 is 1.42 bits per heavy atom. The van der Waals surface area contributed by atoms with Gasteiger partial charge in [-0.15, -0.1) is 5.10 Å². The van der Waals surface area contributed by atoms with Crippen molar-refractivity contribution in [2.24, 2.45) is 0 Å². The molecule has 0 spiro atoms. The summed E-state index contributed by atoms with van der Waals surface area (Å²) in [6.45, 7) is 4.28.